The van der Waals surface area contributed by atoms with Crippen molar-refractivity contribution in [3.8, 4) is 16.3 Å². The Bertz CT molecular complexity index is 1230. The predicted molar refractivity (Wildman–Crippen MR) is 119 cm³/mol. The van der Waals surface area contributed by atoms with Crippen LogP contribution in [-0.4, -0.2) is 32.3 Å². The maximum atomic E-state index is 12.4. The highest BCUT2D eigenvalue weighted by molar-refractivity contribution is 7.19. The number of nitrogens with zero attached hydrogens (tertiary/aromatic N) is 4. The summed E-state index contributed by atoms with van der Waals surface area (Å²) < 4.78 is 7.35. The van der Waals surface area contributed by atoms with Crippen LogP contribution in [-0.2, 0) is 11.2 Å². The van der Waals surface area contributed by atoms with Gasteiger partial charge >= 0.3 is 0 Å². The third-order valence-electron chi connectivity index (χ3n) is 4.63. The van der Waals surface area contributed by atoms with Crippen molar-refractivity contribution in [3.05, 3.63) is 58.4 Å². The van der Waals surface area contributed by atoms with Crippen LogP contribution in [0.5, 0.6) is 5.75 Å². The number of anilines is 1. The second-order valence-corrected chi connectivity index (χ2v) is 8.21. The Hall–Kier alpha value is -2.97. The number of nitrogens with one attached hydrogen (secondary N) is 1. The lowest BCUT2D eigenvalue weighted by Gasteiger charge is -2.11. The highest BCUT2D eigenvalue weighted by Gasteiger charge is 2.14. The van der Waals surface area contributed by atoms with Crippen molar-refractivity contribution in [2.75, 3.05) is 11.9 Å². The fourth-order valence-electron chi connectivity index (χ4n) is 2.93. The number of fused-ring (bicyclic) bond motifs is 1. The van der Waals surface area contributed by atoms with Gasteiger partial charge in [0.15, 0.2) is 12.4 Å². The average molecular weight is 442 g/mol. The van der Waals surface area contributed by atoms with Crippen LogP contribution < -0.4 is 10.1 Å². The number of ether oxygens (including phenoxy) is 1. The standard InChI is InChI=1S/C21H20ClN5O2S/c1-4-18-24-25-21-27(18)26-20(30-21)14-6-5-12(2)17(10-14)23-19(28)11-29-15-7-8-16(22)13(3)9-15/h5-10H,4,11H2,1-3H3,(H,23,28). The number of aromatic nitrogens is 4. The quantitative estimate of drug-likeness (QED) is 0.469. The van der Waals surface area contributed by atoms with E-state index in [0.29, 0.717) is 10.8 Å². The number of hydrogen-bond acceptors (Lipinski definition) is 6. The number of carbonyl (C=O) groups excluding carboxylic acids is 1. The molecule has 0 saturated carbocycles. The van der Waals surface area contributed by atoms with Crippen LogP contribution in [0.2, 0.25) is 5.02 Å². The zero-order valence-electron chi connectivity index (χ0n) is 16.8. The molecule has 9 heteroatoms. The first-order valence-electron chi connectivity index (χ1n) is 9.45. The monoisotopic (exact) mass is 441 g/mol. The minimum Gasteiger partial charge on any atom is -0.484 e. The predicted octanol–water partition coefficient (Wildman–Crippen LogP) is 4.70. The number of amides is 1. The molecule has 154 valence electrons. The van der Waals surface area contributed by atoms with Crippen molar-refractivity contribution < 1.29 is 9.53 Å². The van der Waals surface area contributed by atoms with E-state index in [1.165, 1.54) is 11.3 Å². The molecule has 2 heterocycles. The average Bonchev–Trinajstić information content (AvgIpc) is 3.31. The summed E-state index contributed by atoms with van der Waals surface area (Å²) in [6.45, 7) is 5.75. The lowest BCUT2D eigenvalue weighted by atomic mass is 10.1. The van der Waals surface area contributed by atoms with Crippen molar-refractivity contribution in [2.45, 2.75) is 27.2 Å². The number of hydrogen-bond donors (Lipinski definition) is 1. The summed E-state index contributed by atoms with van der Waals surface area (Å²) in [4.78, 5) is 13.2. The molecule has 0 bridgehead atoms. The van der Waals surface area contributed by atoms with Crippen molar-refractivity contribution in [1.29, 1.82) is 0 Å². The van der Waals surface area contributed by atoms with Crippen LogP contribution in [0.3, 0.4) is 0 Å². The van der Waals surface area contributed by atoms with E-state index < -0.39 is 0 Å². The SMILES string of the molecule is CCc1nnc2sc(-c3ccc(C)c(NC(=O)COc4ccc(Cl)c(C)c4)c3)nn12. The molecular weight excluding hydrogens is 422 g/mol. The Balaban J connectivity index is 1.49. The maximum Gasteiger partial charge on any atom is 0.262 e. The van der Waals surface area contributed by atoms with Crippen LogP contribution in [0.4, 0.5) is 5.69 Å². The minimum atomic E-state index is -0.241. The lowest BCUT2D eigenvalue weighted by molar-refractivity contribution is -0.118. The highest BCUT2D eigenvalue weighted by Crippen LogP contribution is 2.29. The van der Waals surface area contributed by atoms with Crippen molar-refractivity contribution in [3.63, 3.8) is 0 Å². The van der Waals surface area contributed by atoms with Gasteiger partial charge in [0.05, 0.1) is 0 Å². The Morgan fingerprint density at radius 3 is 2.77 bits per heavy atom. The molecule has 7 nitrogen and oxygen atoms in total. The number of aryl methyl sites for hydroxylation is 3. The summed E-state index contributed by atoms with van der Waals surface area (Å²) in [5, 5.41) is 17.3. The van der Waals surface area contributed by atoms with E-state index in [2.05, 4.69) is 20.6 Å². The van der Waals surface area contributed by atoms with Gasteiger partial charge in [0, 0.05) is 22.7 Å². The summed E-state index contributed by atoms with van der Waals surface area (Å²) >= 11 is 7.48. The molecule has 4 aromatic rings. The first kappa shape index (κ1) is 20.3. The van der Waals surface area contributed by atoms with Gasteiger partial charge in [-0.1, -0.05) is 42.0 Å². The van der Waals surface area contributed by atoms with E-state index >= 15 is 0 Å². The molecule has 0 radical (unpaired) electrons. The molecule has 2 aromatic carbocycles. The van der Waals surface area contributed by atoms with Crippen LogP contribution in [0.15, 0.2) is 36.4 Å². The van der Waals surface area contributed by atoms with Gasteiger partial charge in [0.25, 0.3) is 5.91 Å². The number of halogens is 1. The maximum absolute atomic E-state index is 12.4. The van der Waals surface area contributed by atoms with E-state index in [9.17, 15) is 4.79 Å². The second kappa shape index (κ2) is 8.41. The van der Waals surface area contributed by atoms with E-state index in [1.54, 1.807) is 22.7 Å². The molecule has 0 fully saturated rings. The lowest BCUT2D eigenvalue weighted by Crippen LogP contribution is -2.20. The highest BCUT2D eigenvalue weighted by atomic mass is 35.5. The smallest absolute Gasteiger partial charge is 0.262 e. The van der Waals surface area contributed by atoms with Gasteiger partial charge in [-0.25, -0.2) is 0 Å². The summed E-state index contributed by atoms with van der Waals surface area (Å²) in [7, 11) is 0. The topological polar surface area (TPSA) is 81.4 Å². The minimum absolute atomic E-state index is 0.0959. The molecular formula is C21H20ClN5O2S. The molecule has 1 amide bonds. The van der Waals surface area contributed by atoms with Gasteiger partial charge < -0.3 is 10.1 Å². The first-order chi connectivity index (χ1) is 14.4. The number of benzene rings is 2. The Kier molecular flexibility index (Phi) is 5.69. The summed E-state index contributed by atoms with van der Waals surface area (Å²) in [6, 6.07) is 11.2. The van der Waals surface area contributed by atoms with E-state index in [0.717, 1.165) is 44.6 Å². The Morgan fingerprint density at radius 1 is 1.17 bits per heavy atom. The van der Waals surface area contributed by atoms with Gasteiger partial charge in [0.2, 0.25) is 4.96 Å². The van der Waals surface area contributed by atoms with Gasteiger partial charge in [-0.05, 0) is 49.2 Å². The van der Waals surface area contributed by atoms with Crippen molar-refractivity contribution >= 4 is 39.5 Å². The van der Waals surface area contributed by atoms with Gasteiger partial charge in [-0.2, -0.15) is 9.61 Å². The summed E-state index contributed by atoms with van der Waals surface area (Å²) in [5.41, 5.74) is 3.47. The fourth-order valence-corrected chi connectivity index (χ4v) is 3.90. The third-order valence-corrected chi connectivity index (χ3v) is 6.00. The molecule has 0 aliphatic heterocycles. The van der Waals surface area contributed by atoms with Gasteiger partial charge in [-0.3, -0.25) is 4.79 Å². The molecule has 4 rings (SSSR count). The zero-order chi connectivity index (χ0) is 21.3. The molecule has 0 aliphatic rings. The molecule has 0 unspecified atom stereocenters. The molecule has 1 N–H and O–H groups in total. The fraction of sp³-hybridized carbons (Fsp3) is 0.238. The normalized spacial score (nSPS) is 11.1. The molecule has 0 spiro atoms. The number of carbonyl (C=O) groups is 1. The van der Waals surface area contributed by atoms with E-state index in [1.807, 2.05) is 39.0 Å². The van der Waals surface area contributed by atoms with Gasteiger partial charge in [0.1, 0.15) is 10.8 Å². The summed E-state index contributed by atoms with van der Waals surface area (Å²) in [5.74, 6) is 1.18. The molecule has 30 heavy (non-hydrogen) atoms. The van der Waals surface area contributed by atoms with E-state index in [4.69, 9.17) is 16.3 Å². The van der Waals surface area contributed by atoms with Crippen LogP contribution >= 0.6 is 22.9 Å². The Morgan fingerprint density at radius 2 is 2.00 bits per heavy atom. The van der Waals surface area contributed by atoms with Crippen LogP contribution in [0.25, 0.3) is 15.5 Å². The van der Waals surface area contributed by atoms with Gasteiger partial charge in [-0.15, -0.1) is 10.2 Å². The molecule has 0 atom stereocenters. The largest absolute Gasteiger partial charge is 0.484 e. The second-order valence-electron chi connectivity index (χ2n) is 6.85. The van der Waals surface area contributed by atoms with E-state index in [-0.39, 0.29) is 12.5 Å². The summed E-state index contributed by atoms with van der Waals surface area (Å²) in [6.07, 6.45) is 0.757. The molecule has 0 aliphatic carbocycles. The zero-order valence-corrected chi connectivity index (χ0v) is 18.3. The molecule has 0 saturated heterocycles. The third kappa shape index (κ3) is 4.15. The number of rotatable bonds is 6. The van der Waals surface area contributed by atoms with Crippen molar-refractivity contribution in [1.82, 2.24) is 19.8 Å². The van der Waals surface area contributed by atoms with Crippen LogP contribution in [0, 0.1) is 13.8 Å². The van der Waals surface area contributed by atoms with Crippen LogP contribution in [0.1, 0.15) is 23.9 Å². The Labute approximate surface area is 182 Å². The molecule has 2 aromatic heterocycles. The van der Waals surface area contributed by atoms with Crippen molar-refractivity contribution in [2.24, 2.45) is 0 Å². The first-order valence-corrected chi connectivity index (χ1v) is 10.6.